The third-order valence-corrected chi connectivity index (χ3v) is 4.57. The molecule has 0 spiro atoms. The van der Waals surface area contributed by atoms with Crippen molar-refractivity contribution in [3.05, 3.63) is 53.6 Å². The highest BCUT2D eigenvalue weighted by molar-refractivity contribution is 6.04. The molecular formula is C22H29N3O2. The Morgan fingerprint density at radius 2 is 1.67 bits per heavy atom. The number of anilines is 1. The minimum atomic E-state index is -0.0339. The first kappa shape index (κ1) is 20.5. The highest BCUT2D eigenvalue weighted by atomic mass is 16.5. The van der Waals surface area contributed by atoms with E-state index in [4.69, 9.17) is 9.73 Å². The van der Waals surface area contributed by atoms with Crippen molar-refractivity contribution in [2.45, 2.75) is 20.8 Å². The zero-order valence-corrected chi connectivity index (χ0v) is 17.1. The summed E-state index contributed by atoms with van der Waals surface area (Å²) in [5.41, 5.74) is 4.23. The maximum absolute atomic E-state index is 12.9. The normalized spacial score (nSPS) is 11.3. The molecule has 2 rings (SSSR count). The van der Waals surface area contributed by atoms with Gasteiger partial charge >= 0.3 is 0 Å². The first-order valence-electron chi connectivity index (χ1n) is 9.21. The molecule has 2 aromatic carbocycles. The van der Waals surface area contributed by atoms with Gasteiger partial charge in [0.1, 0.15) is 5.75 Å². The van der Waals surface area contributed by atoms with Crippen LogP contribution in [-0.4, -0.2) is 50.8 Å². The molecule has 0 unspecified atom stereocenters. The smallest absolute Gasteiger partial charge is 0.256 e. The van der Waals surface area contributed by atoms with E-state index >= 15 is 0 Å². The Kier molecular flexibility index (Phi) is 6.99. The van der Waals surface area contributed by atoms with Crippen LogP contribution < -0.4 is 9.64 Å². The molecule has 0 radical (unpaired) electrons. The van der Waals surface area contributed by atoms with Crippen LogP contribution in [0.3, 0.4) is 0 Å². The Labute approximate surface area is 162 Å². The number of carbonyl (C=O) groups is 1. The number of aliphatic imine (C=N–C) groups is 1. The molecule has 1 amide bonds. The molecule has 0 aromatic heterocycles. The van der Waals surface area contributed by atoms with E-state index in [0.717, 1.165) is 17.0 Å². The van der Waals surface area contributed by atoms with Gasteiger partial charge in [-0.2, -0.15) is 0 Å². The maximum Gasteiger partial charge on any atom is 0.256 e. The van der Waals surface area contributed by atoms with Crippen LogP contribution in [0.5, 0.6) is 5.75 Å². The number of hydrogen-bond donors (Lipinski definition) is 0. The lowest BCUT2D eigenvalue weighted by molar-refractivity contribution is 0.0773. The summed E-state index contributed by atoms with van der Waals surface area (Å²) in [6.45, 7) is 7.21. The van der Waals surface area contributed by atoms with Crippen LogP contribution in [0.25, 0.3) is 0 Å². The van der Waals surface area contributed by atoms with Crippen LogP contribution in [-0.2, 0) is 0 Å². The first-order valence-corrected chi connectivity index (χ1v) is 9.21. The summed E-state index contributed by atoms with van der Waals surface area (Å²) in [6.07, 6.45) is 0. The van der Waals surface area contributed by atoms with Gasteiger partial charge in [0.15, 0.2) is 0 Å². The summed E-state index contributed by atoms with van der Waals surface area (Å²) >= 11 is 0. The van der Waals surface area contributed by atoms with Crippen LogP contribution >= 0.6 is 0 Å². The molecule has 0 atom stereocenters. The molecule has 27 heavy (non-hydrogen) atoms. The topological polar surface area (TPSA) is 45.1 Å². The number of ether oxygens (including phenoxy) is 1. The van der Waals surface area contributed by atoms with Gasteiger partial charge in [-0.15, -0.1) is 0 Å². The SMILES string of the molecule is CCN(CC)C(=O)c1cc(OC)ccc1N=C(C)c1ccc(N(C)C)cc1. The van der Waals surface area contributed by atoms with Crippen molar-refractivity contribution >= 4 is 23.0 Å². The van der Waals surface area contributed by atoms with E-state index in [1.54, 1.807) is 18.1 Å². The van der Waals surface area contributed by atoms with Crippen LogP contribution in [0, 0.1) is 0 Å². The number of amides is 1. The molecular weight excluding hydrogens is 338 g/mol. The average molecular weight is 367 g/mol. The second kappa shape index (κ2) is 9.21. The van der Waals surface area contributed by atoms with Gasteiger partial charge in [0, 0.05) is 38.6 Å². The fourth-order valence-electron chi connectivity index (χ4n) is 2.84. The molecule has 0 bridgehead atoms. The van der Waals surface area contributed by atoms with Crippen molar-refractivity contribution in [3.63, 3.8) is 0 Å². The van der Waals surface area contributed by atoms with Gasteiger partial charge in [-0.1, -0.05) is 12.1 Å². The summed E-state index contributed by atoms with van der Waals surface area (Å²) in [5, 5.41) is 0. The summed E-state index contributed by atoms with van der Waals surface area (Å²) in [6, 6.07) is 13.7. The van der Waals surface area contributed by atoms with E-state index in [1.165, 1.54) is 0 Å². The maximum atomic E-state index is 12.9. The molecule has 0 heterocycles. The molecule has 2 aromatic rings. The van der Waals surface area contributed by atoms with Gasteiger partial charge in [0.2, 0.25) is 0 Å². The van der Waals surface area contributed by atoms with Gasteiger partial charge in [0.25, 0.3) is 5.91 Å². The highest BCUT2D eigenvalue weighted by Crippen LogP contribution is 2.27. The van der Waals surface area contributed by atoms with Crippen LogP contribution in [0.15, 0.2) is 47.5 Å². The monoisotopic (exact) mass is 367 g/mol. The number of carbonyl (C=O) groups excluding carboxylic acids is 1. The summed E-state index contributed by atoms with van der Waals surface area (Å²) in [5.74, 6) is 0.617. The molecule has 0 fully saturated rings. The molecule has 5 nitrogen and oxygen atoms in total. The van der Waals surface area contributed by atoms with E-state index in [1.807, 2.05) is 59.1 Å². The van der Waals surface area contributed by atoms with Crippen molar-refractivity contribution in [2.75, 3.05) is 39.2 Å². The minimum absolute atomic E-state index is 0.0339. The fraction of sp³-hybridized carbons (Fsp3) is 0.364. The Balaban J connectivity index is 2.44. The number of hydrogen-bond acceptors (Lipinski definition) is 4. The third kappa shape index (κ3) is 4.88. The quantitative estimate of drug-likeness (QED) is 0.682. The Hall–Kier alpha value is -2.82. The lowest BCUT2D eigenvalue weighted by atomic mass is 10.1. The largest absolute Gasteiger partial charge is 0.497 e. The number of nitrogens with zero attached hydrogens (tertiary/aromatic N) is 3. The highest BCUT2D eigenvalue weighted by Gasteiger charge is 2.18. The van der Waals surface area contributed by atoms with Gasteiger partial charge in [-0.3, -0.25) is 9.79 Å². The first-order chi connectivity index (χ1) is 12.9. The number of rotatable bonds is 7. The van der Waals surface area contributed by atoms with Crippen LogP contribution in [0.1, 0.15) is 36.7 Å². The molecule has 0 saturated heterocycles. The lowest BCUT2D eigenvalue weighted by Crippen LogP contribution is -2.30. The van der Waals surface area contributed by atoms with E-state index in [0.29, 0.717) is 30.1 Å². The second-order valence-electron chi connectivity index (χ2n) is 6.50. The lowest BCUT2D eigenvalue weighted by Gasteiger charge is -2.20. The van der Waals surface area contributed by atoms with Crippen molar-refractivity contribution in [3.8, 4) is 5.75 Å². The van der Waals surface area contributed by atoms with Gasteiger partial charge in [-0.05, 0) is 56.7 Å². The van der Waals surface area contributed by atoms with E-state index < -0.39 is 0 Å². The molecule has 0 saturated carbocycles. The molecule has 0 aliphatic heterocycles. The summed E-state index contributed by atoms with van der Waals surface area (Å²) < 4.78 is 5.31. The van der Waals surface area contributed by atoms with Crippen LogP contribution in [0.2, 0.25) is 0 Å². The molecule has 0 N–H and O–H groups in total. The number of benzene rings is 2. The predicted molar refractivity (Wildman–Crippen MR) is 113 cm³/mol. The van der Waals surface area contributed by atoms with Crippen molar-refractivity contribution in [1.82, 2.24) is 4.90 Å². The Morgan fingerprint density at radius 3 is 2.19 bits per heavy atom. The third-order valence-electron chi connectivity index (χ3n) is 4.57. The summed E-state index contributed by atoms with van der Waals surface area (Å²) in [4.78, 5) is 21.5. The number of methoxy groups -OCH3 is 1. The molecule has 144 valence electrons. The van der Waals surface area contributed by atoms with Crippen molar-refractivity contribution in [2.24, 2.45) is 4.99 Å². The minimum Gasteiger partial charge on any atom is -0.497 e. The van der Waals surface area contributed by atoms with Crippen LogP contribution in [0.4, 0.5) is 11.4 Å². The van der Waals surface area contributed by atoms with E-state index in [-0.39, 0.29) is 5.91 Å². The molecule has 0 aliphatic rings. The zero-order chi connectivity index (χ0) is 20.0. The Bertz CT molecular complexity index is 807. The van der Waals surface area contributed by atoms with E-state index in [9.17, 15) is 4.79 Å². The van der Waals surface area contributed by atoms with Crippen molar-refractivity contribution in [1.29, 1.82) is 0 Å². The zero-order valence-electron chi connectivity index (χ0n) is 17.1. The van der Waals surface area contributed by atoms with Gasteiger partial charge in [-0.25, -0.2) is 0 Å². The van der Waals surface area contributed by atoms with E-state index in [2.05, 4.69) is 17.0 Å². The predicted octanol–water partition coefficient (Wildman–Crippen LogP) is 4.38. The standard InChI is InChI=1S/C22H29N3O2/c1-7-25(8-2)22(26)20-15-19(27-6)13-14-21(20)23-16(3)17-9-11-18(12-10-17)24(4)5/h9-15H,7-8H2,1-6H3. The second-order valence-corrected chi connectivity index (χ2v) is 6.50. The summed E-state index contributed by atoms with van der Waals surface area (Å²) in [7, 11) is 5.62. The molecule has 0 aliphatic carbocycles. The molecule has 5 heteroatoms. The van der Waals surface area contributed by atoms with Gasteiger partial charge < -0.3 is 14.5 Å². The van der Waals surface area contributed by atoms with Gasteiger partial charge in [0.05, 0.1) is 18.4 Å². The average Bonchev–Trinajstić information content (AvgIpc) is 2.69. The van der Waals surface area contributed by atoms with Crippen molar-refractivity contribution < 1.29 is 9.53 Å². The Morgan fingerprint density at radius 1 is 1.04 bits per heavy atom. The fourth-order valence-corrected chi connectivity index (χ4v) is 2.84.